The van der Waals surface area contributed by atoms with Crippen molar-refractivity contribution in [3.63, 3.8) is 0 Å². The van der Waals surface area contributed by atoms with E-state index >= 15 is 0 Å². The summed E-state index contributed by atoms with van der Waals surface area (Å²) >= 11 is 0. The molecule has 1 rings (SSSR count). The van der Waals surface area contributed by atoms with E-state index in [1.165, 1.54) is 0 Å². The first-order chi connectivity index (χ1) is 7.11. The van der Waals surface area contributed by atoms with Crippen molar-refractivity contribution < 1.29 is 24.2 Å². The molecule has 5 heteroatoms. The average molecular weight is 216 g/mol. The van der Waals surface area contributed by atoms with Crippen LogP contribution in [0.1, 0.15) is 26.2 Å². The van der Waals surface area contributed by atoms with E-state index in [0.717, 1.165) is 12.8 Å². The Morgan fingerprint density at radius 1 is 1.67 bits per heavy atom. The Hall–Kier alpha value is -0.940. The van der Waals surface area contributed by atoms with Crippen molar-refractivity contribution in [2.45, 2.75) is 44.5 Å². The van der Waals surface area contributed by atoms with Crippen LogP contribution in [0.4, 0.5) is 0 Å². The fraction of sp³-hybridized carbons (Fsp3) is 0.800. The van der Waals surface area contributed by atoms with Gasteiger partial charge in [0.2, 0.25) is 0 Å². The molecule has 1 N–H and O–H groups in total. The molecule has 0 aromatic heterocycles. The highest BCUT2D eigenvalue weighted by atomic mass is 16.6. The van der Waals surface area contributed by atoms with Crippen molar-refractivity contribution in [3.05, 3.63) is 0 Å². The zero-order valence-electron chi connectivity index (χ0n) is 8.72. The number of hydrogen-bond donors (Lipinski definition) is 1. The topological polar surface area (TPSA) is 72.8 Å². The molecular formula is C10H16O5. The van der Waals surface area contributed by atoms with Gasteiger partial charge in [-0.1, -0.05) is 0 Å². The quantitative estimate of drug-likeness (QED) is 0.519. The number of aliphatic hydroxyl groups excluding tert-OH is 1. The summed E-state index contributed by atoms with van der Waals surface area (Å²) in [6.45, 7) is 2.17. The van der Waals surface area contributed by atoms with Gasteiger partial charge in [0.1, 0.15) is 19.0 Å². The number of carbonyl (C=O) groups excluding carboxylic acids is 2. The molecule has 1 saturated heterocycles. The van der Waals surface area contributed by atoms with Gasteiger partial charge in [0, 0.05) is 0 Å². The molecule has 0 aromatic carbocycles. The van der Waals surface area contributed by atoms with Gasteiger partial charge in [-0.05, 0) is 19.8 Å². The van der Waals surface area contributed by atoms with Gasteiger partial charge in [-0.15, -0.1) is 0 Å². The molecule has 0 bridgehead atoms. The maximum atomic E-state index is 11.1. The summed E-state index contributed by atoms with van der Waals surface area (Å²) in [5.74, 6) is -0.572. The van der Waals surface area contributed by atoms with Crippen LogP contribution >= 0.6 is 0 Å². The number of ether oxygens (including phenoxy) is 2. The van der Waals surface area contributed by atoms with Crippen LogP contribution in [0.2, 0.25) is 0 Å². The number of carbonyl (C=O) groups is 2. The molecule has 0 saturated carbocycles. The van der Waals surface area contributed by atoms with Crippen LogP contribution in [0.3, 0.4) is 0 Å². The summed E-state index contributed by atoms with van der Waals surface area (Å²) in [6, 6.07) is 0. The van der Waals surface area contributed by atoms with E-state index in [1.54, 1.807) is 0 Å². The molecule has 1 aliphatic rings. The predicted molar refractivity (Wildman–Crippen MR) is 51.2 cm³/mol. The highest BCUT2D eigenvalue weighted by molar-refractivity contribution is 5.74. The molecule has 0 amide bonds. The maximum Gasteiger partial charge on any atom is 0.308 e. The molecule has 3 atom stereocenters. The summed E-state index contributed by atoms with van der Waals surface area (Å²) in [6.07, 6.45) is 0.790. The lowest BCUT2D eigenvalue weighted by Gasteiger charge is -2.11. The van der Waals surface area contributed by atoms with Crippen LogP contribution in [0, 0.1) is 0 Å². The molecule has 0 aromatic rings. The molecule has 3 unspecified atom stereocenters. The molecule has 86 valence electrons. The van der Waals surface area contributed by atoms with Gasteiger partial charge in [-0.3, -0.25) is 4.79 Å². The van der Waals surface area contributed by atoms with Crippen molar-refractivity contribution >= 4 is 12.3 Å². The minimum absolute atomic E-state index is 0.0441. The van der Waals surface area contributed by atoms with Crippen molar-refractivity contribution in [2.24, 2.45) is 0 Å². The zero-order valence-corrected chi connectivity index (χ0v) is 8.72. The molecule has 1 fully saturated rings. The molecule has 1 aliphatic heterocycles. The molecule has 15 heavy (non-hydrogen) atoms. The van der Waals surface area contributed by atoms with Crippen molar-refractivity contribution in [3.8, 4) is 0 Å². The first-order valence-corrected chi connectivity index (χ1v) is 5.06. The Labute approximate surface area is 88.4 Å². The van der Waals surface area contributed by atoms with Gasteiger partial charge in [0.15, 0.2) is 0 Å². The number of aliphatic hydroxyl groups is 1. The van der Waals surface area contributed by atoms with E-state index < -0.39 is 12.1 Å². The van der Waals surface area contributed by atoms with Crippen molar-refractivity contribution in [2.75, 3.05) is 6.61 Å². The van der Waals surface area contributed by atoms with Crippen LogP contribution in [0.5, 0.6) is 0 Å². The zero-order chi connectivity index (χ0) is 11.3. The Morgan fingerprint density at radius 2 is 2.40 bits per heavy atom. The summed E-state index contributed by atoms with van der Waals surface area (Å²) in [4.78, 5) is 21.1. The van der Waals surface area contributed by atoms with Crippen LogP contribution in [0.25, 0.3) is 0 Å². The maximum absolute atomic E-state index is 11.1. The van der Waals surface area contributed by atoms with Gasteiger partial charge < -0.3 is 19.4 Å². The van der Waals surface area contributed by atoms with Crippen molar-refractivity contribution in [1.82, 2.24) is 0 Å². The van der Waals surface area contributed by atoms with Crippen LogP contribution < -0.4 is 0 Å². The molecule has 5 nitrogen and oxygen atoms in total. The minimum atomic E-state index is -1.26. The lowest BCUT2D eigenvalue weighted by Crippen LogP contribution is -2.22. The number of aldehydes is 1. The number of hydrogen-bond acceptors (Lipinski definition) is 5. The summed E-state index contributed by atoms with van der Waals surface area (Å²) < 4.78 is 10.3. The SMILES string of the molecule is CC1CCC(COC(=O)CC(O)C=O)O1. The molecular weight excluding hydrogens is 200 g/mol. The Bertz CT molecular complexity index is 228. The third-order valence-electron chi connectivity index (χ3n) is 2.28. The molecule has 0 radical (unpaired) electrons. The Balaban J connectivity index is 2.14. The number of rotatable bonds is 5. The standard InChI is InChI=1S/C10H16O5/c1-7-2-3-9(15-7)6-14-10(13)4-8(12)5-11/h5,7-9,12H,2-4,6H2,1H3. The first kappa shape index (κ1) is 12.1. The smallest absolute Gasteiger partial charge is 0.308 e. The Kier molecular flexibility index (Phi) is 4.71. The molecule has 0 aliphatic carbocycles. The van der Waals surface area contributed by atoms with Gasteiger partial charge >= 0.3 is 5.97 Å². The van der Waals surface area contributed by atoms with E-state index in [1.807, 2.05) is 6.92 Å². The lowest BCUT2D eigenvalue weighted by atomic mass is 10.2. The predicted octanol–water partition coefficient (Wildman–Crippen LogP) is 0.0470. The van der Waals surface area contributed by atoms with Gasteiger partial charge in [-0.2, -0.15) is 0 Å². The van der Waals surface area contributed by atoms with E-state index in [4.69, 9.17) is 14.6 Å². The summed E-state index contributed by atoms with van der Waals surface area (Å²) in [7, 11) is 0. The van der Waals surface area contributed by atoms with E-state index in [2.05, 4.69) is 0 Å². The van der Waals surface area contributed by atoms with Gasteiger partial charge in [-0.25, -0.2) is 0 Å². The fourth-order valence-corrected chi connectivity index (χ4v) is 1.47. The third kappa shape index (κ3) is 4.40. The van der Waals surface area contributed by atoms with Crippen LogP contribution in [-0.2, 0) is 19.1 Å². The first-order valence-electron chi connectivity index (χ1n) is 5.06. The van der Waals surface area contributed by atoms with Crippen molar-refractivity contribution in [1.29, 1.82) is 0 Å². The van der Waals surface area contributed by atoms with Crippen LogP contribution in [0.15, 0.2) is 0 Å². The van der Waals surface area contributed by atoms with Crippen LogP contribution in [-0.4, -0.2) is 42.3 Å². The largest absolute Gasteiger partial charge is 0.463 e. The number of esters is 1. The lowest BCUT2D eigenvalue weighted by molar-refractivity contribution is -0.150. The highest BCUT2D eigenvalue weighted by Gasteiger charge is 2.23. The highest BCUT2D eigenvalue weighted by Crippen LogP contribution is 2.19. The van der Waals surface area contributed by atoms with E-state index in [-0.39, 0.29) is 25.2 Å². The summed E-state index contributed by atoms with van der Waals surface area (Å²) in [5, 5.41) is 8.86. The third-order valence-corrected chi connectivity index (χ3v) is 2.28. The monoisotopic (exact) mass is 216 g/mol. The normalized spacial score (nSPS) is 27.3. The minimum Gasteiger partial charge on any atom is -0.463 e. The van der Waals surface area contributed by atoms with E-state index in [9.17, 15) is 9.59 Å². The molecule has 0 spiro atoms. The second-order valence-electron chi connectivity index (χ2n) is 3.74. The fourth-order valence-electron chi connectivity index (χ4n) is 1.47. The second kappa shape index (κ2) is 5.82. The van der Waals surface area contributed by atoms with E-state index in [0.29, 0.717) is 6.29 Å². The summed E-state index contributed by atoms with van der Waals surface area (Å²) in [5.41, 5.74) is 0. The molecule has 1 heterocycles. The van der Waals surface area contributed by atoms with Gasteiger partial charge in [0.05, 0.1) is 18.6 Å². The Morgan fingerprint density at radius 3 is 2.93 bits per heavy atom. The van der Waals surface area contributed by atoms with Gasteiger partial charge in [0.25, 0.3) is 0 Å². The average Bonchev–Trinajstić information content (AvgIpc) is 2.61. The second-order valence-corrected chi connectivity index (χ2v) is 3.74.